The van der Waals surface area contributed by atoms with E-state index in [0.29, 0.717) is 5.92 Å². The summed E-state index contributed by atoms with van der Waals surface area (Å²) in [5.41, 5.74) is 4.09. The fourth-order valence-electron chi connectivity index (χ4n) is 1.98. The van der Waals surface area contributed by atoms with Crippen LogP contribution in [0.2, 0.25) is 5.02 Å². The van der Waals surface area contributed by atoms with Gasteiger partial charge in [0.15, 0.2) is 0 Å². The van der Waals surface area contributed by atoms with E-state index in [2.05, 4.69) is 11.5 Å². The number of benzene rings is 1. The van der Waals surface area contributed by atoms with Gasteiger partial charge < -0.3 is 0 Å². The first kappa shape index (κ1) is 9.97. The second-order valence-electron chi connectivity index (χ2n) is 3.89. The molecule has 2 nitrogen and oxygen atoms in total. The average Bonchev–Trinajstić information content (AvgIpc) is 2.10. The lowest BCUT2D eigenvalue weighted by atomic mass is 9.77. The van der Waals surface area contributed by atoms with Gasteiger partial charge in [0.05, 0.1) is 0 Å². The third kappa shape index (κ3) is 1.92. The Bertz CT molecular complexity index is 310. The summed E-state index contributed by atoms with van der Waals surface area (Å²) in [5.74, 6) is 6.25. The van der Waals surface area contributed by atoms with Crippen molar-refractivity contribution in [2.45, 2.75) is 25.3 Å². The van der Waals surface area contributed by atoms with Crippen molar-refractivity contribution in [3.05, 3.63) is 34.9 Å². The van der Waals surface area contributed by atoms with Crippen LogP contribution >= 0.6 is 11.6 Å². The lowest BCUT2D eigenvalue weighted by molar-refractivity contribution is 0.232. The van der Waals surface area contributed by atoms with Crippen LogP contribution < -0.4 is 11.3 Å². The van der Waals surface area contributed by atoms with Crippen LogP contribution in [0.5, 0.6) is 0 Å². The van der Waals surface area contributed by atoms with E-state index in [4.69, 9.17) is 17.4 Å². The maximum absolute atomic E-state index is 5.94. The Morgan fingerprint density at radius 3 is 2.71 bits per heavy atom. The highest BCUT2D eigenvalue weighted by Crippen LogP contribution is 2.37. The normalized spacial score (nSPS) is 19.0. The lowest BCUT2D eigenvalue weighted by Gasteiger charge is -2.33. The maximum atomic E-state index is 5.94. The summed E-state index contributed by atoms with van der Waals surface area (Å²) in [5, 5.41) is 0.780. The predicted molar refractivity (Wildman–Crippen MR) is 58.9 cm³/mol. The van der Waals surface area contributed by atoms with E-state index in [9.17, 15) is 0 Å². The molecule has 0 aliphatic heterocycles. The van der Waals surface area contributed by atoms with Crippen LogP contribution in [0.4, 0.5) is 0 Å². The van der Waals surface area contributed by atoms with Gasteiger partial charge in [-0.1, -0.05) is 30.2 Å². The van der Waals surface area contributed by atoms with E-state index in [1.54, 1.807) is 0 Å². The van der Waals surface area contributed by atoms with Crippen LogP contribution in [0.3, 0.4) is 0 Å². The monoisotopic (exact) mass is 210 g/mol. The molecule has 2 rings (SSSR count). The Hall–Kier alpha value is -0.570. The third-order valence-corrected chi connectivity index (χ3v) is 3.24. The molecule has 1 aliphatic rings. The van der Waals surface area contributed by atoms with E-state index in [1.807, 2.05) is 18.2 Å². The fourth-order valence-corrected chi connectivity index (χ4v) is 2.18. The number of hydrogen-bond donors (Lipinski definition) is 2. The van der Waals surface area contributed by atoms with E-state index < -0.39 is 0 Å². The summed E-state index contributed by atoms with van der Waals surface area (Å²) >= 11 is 5.94. The second kappa shape index (κ2) is 4.30. The van der Waals surface area contributed by atoms with Gasteiger partial charge in [-0.05, 0) is 36.5 Å². The molecular formula is C11H15ClN2. The molecule has 0 radical (unpaired) electrons. The smallest absolute Gasteiger partial charge is 0.0488 e. The minimum Gasteiger partial charge on any atom is -0.271 e. The fraction of sp³-hybridized carbons (Fsp3) is 0.455. The summed E-state index contributed by atoms with van der Waals surface area (Å²) in [6.45, 7) is 0. The van der Waals surface area contributed by atoms with Crippen LogP contribution in [-0.2, 0) is 0 Å². The standard InChI is InChI=1S/C11H15ClN2/c12-10-6-2-5-9(7-10)11(14-13)8-3-1-4-8/h2,5-8,11,14H,1,3-4,13H2. The highest BCUT2D eigenvalue weighted by atomic mass is 35.5. The first-order valence-corrected chi connectivity index (χ1v) is 5.40. The number of halogens is 1. The Labute approximate surface area is 89.4 Å². The molecule has 1 saturated carbocycles. The van der Waals surface area contributed by atoms with Crippen LogP contribution in [-0.4, -0.2) is 0 Å². The molecule has 14 heavy (non-hydrogen) atoms. The van der Waals surface area contributed by atoms with Crippen LogP contribution in [0.15, 0.2) is 24.3 Å². The molecule has 0 amide bonds. The SMILES string of the molecule is NNC(c1cccc(Cl)c1)C1CCC1. The van der Waals surface area contributed by atoms with Crippen molar-refractivity contribution < 1.29 is 0 Å². The van der Waals surface area contributed by atoms with E-state index >= 15 is 0 Å². The summed E-state index contributed by atoms with van der Waals surface area (Å²) in [6.07, 6.45) is 3.85. The molecule has 1 aliphatic carbocycles. The van der Waals surface area contributed by atoms with Crippen molar-refractivity contribution in [2.24, 2.45) is 11.8 Å². The summed E-state index contributed by atoms with van der Waals surface area (Å²) in [7, 11) is 0. The molecule has 3 N–H and O–H groups in total. The highest BCUT2D eigenvalue weighted by molar-refractivity contribution is 6.30. The topological polar surface area (TPSA) is 38.0 Å². The Morgan fingerprint density at radius 1 is 1.43 bits per heavy atom. The highest BCUT2D eigenvalue weighted by Gasteiger charge is 2.27. The van der Waals surface area contributed by atoms with Crippen molar-refractivity contribution >= 4 is 11.6 Å². The molecule has 76 valence electrons. The van der Waals surface area contributed by atoms with Crippen molar-refractivity contribution in [1.82, 2.24) is 5.43 Å². The number of nitrogens with two attached hydrogens (primary N) is 1. The molecule has 1 aromatic carbocycles. The van der Waals surface area contributed by atoms with Crippen LogP contribution in [0.1, 0.15) is 30.9 Å². The van der Waals surface area contributed by atoms with Gasteiger partial charge in [-0.15, -0.1) is 0 Å². The number of rotatable bonds is 3. The van der Waals surface area contributed by atoms with Gasteiger partial charge >= 0.3 is 0 Å². The van der Waals surface area contributed by atoms with Gasteiger partial charge in [0.25, 0.3) is 0 Å². The maximum Gasteiger partial charge on any atom is 0.0488 e. The molecule has 0 aromatic heterocycles. The molecule has 0 bridgehead atoms. The quantitative estimate of drug-likeness (QED) is 0.595. The molecule has 1 aromatic rings. The van der Waals surface area contributed by atoms with Gasteiger partial charge in [-0.2, -0.15) is 0 Å². The van der Waals surface area contributed by atoms with Crippen molar-refractivity contribution in [3.63, 3.8) is 0 Å². The number of nitrogens with one attached hydrogen (secondary N) is 1. The largest absolute Gasteiger partial charge is 0.271 e. The Morgan fingerprint density at radius 2 is 2.21 bits per heavy atom. The van der Waals surface area contributed by atoms with E-state index in [0.717, 1.165) is 5.02 Å². The molecule has 1 fully saturated rings. The van der Waals surface area contributed by atoms with Crippen molar-refractivity contribution in [2.75, 3.05) is 0 Å². The number of hydrazine groups is 1. The zero-order valence-corrected chi connectivity index (χ0v) is 8.80. The minimum absolute atomic E-state index is 0.266. The van der Waals surface area contributed by atoms with Crippen molar-refractivity contribution in [3.8, 4) is 0 Å². The molecule has 3 heteroatoms. The van der Waals surface area contributed by atoms with E-state index in [1.165, 1.54) is 24.8 Å². The predicted octanol–water partition coefficient (Wildman–Crippen LogP) is 2.64. The molecule has 1 unspecified atom stereocenters. The first-order chi connectivity index (χ1) is 6.81. The Kier molecular flexibility index (Phi) is 3.06. The molecular weight excluding hydrogens is 196 g/mol. The molecule has 0 saturated heterocycles. The zero-order valence-electron chi connectivity index (χ0n) is 8.04. The minimum atomic E-state index is 0.266. The third-order valence-electron chi connectivity index (χ3n) is 3.01. The summed E-state index contributed by atoms with van der Waals surface area (Å²) < 4.78 is 0. The second-order valence-corrected chi connectivity index (χ2v) is 4.33. The number of hydrogen-bond acceptors (Lipinski definition) is 2. The molecule has 0 spiro atoms. The van der Waals surface area contributed by atoms with Crippen molar-refractivity contribution in [1.29, 1.82) is 0 Å². The zero-order chi connectivity index (χ0) is 9.97. The lowest BCUT2D eigenvalue weighted by Crippen LogP contribution is -2.36. The van der Waals surface area contributed by atoms with Crippen LogP contribution in [0.25, 0.3) is 0 Å². The molecule has 0 heterocycles. The van der Waals surface area contributed by atoms with Gasteiger partial charge in [-0.3, -0.25) is 11.3 Å². The van der Waals surface area contributed by atoms with E-state index in [-0.39, 0.29) is 6.04 Å². The Balaban J connectivity index is 2.17. The van der Waals surface area contributed by atoms with Crippen LogP contribution in [0, 0.1) is 5.92 Å². The van der Waals surface area contributed by atoms with Gasteiger partial charge in [0.1, 0.15) is 0 Å². The summed E-state index contributed by atoms with van der Waals surface area (Å²) in [4.78, 5) is 0. The van der Waals surface area contributed by atoms with Gasteiger partial charge in [0.2, 0.25) is 0 Å². The summed E-state index contributed by atoms with van der Waals surface area (Å²) in [6, 6.07) is 8.20. The molecule has 1 atom stereocenters. The van der Waals surface area contributed by atoms with Gasteiger partial charge in [-0.25, -0.2) is 0 Å². The van der Waals surface area contributed by atoms with Gasteiger partial charge in [0, 0.05) is 11.1 Å². The first-order valence-electron chi connectivity index (χ1n) is 5.03. The average molecular weight is 211 g/mol.